The predicted octanol–water partition coefficient (Wildman–Crippen LogP) is 3.66. The highest BCUT2D eigenvalue weighted by atomic mass is 35.5. The molecule has 3 atom stereocenters. The molecule has 0 spiro atoms. The molecule has 3 unspecified atom stereocenters. The SMILES string of the molecule is CC(CC1CCCN(S(C)(=O)=O)C1)C(Cl)c1ccccc1. The number of piperidine rings is 1. The molecule has 1 aliphatic rings. The molecule has 1 aliphatic heterocycles. The summed E-state index contributed by atoms with van der Waals surface area (Å²) in [5.74, 6) is 0.743. The second-order valence-corrected chi connectivity index (χ2v) is 8.61. The van der Waals surface area contributed by atoms with Crippen LogP contribution in [0.4, 0.5) is 0 Å². The van der Waals surface area contributed by atoms with Crippen LogP contribution in [0.2, 0.25) is 0 Å². The molecule has 0 bridgehead atoms. The second-order valence-electron chi connectivity index (χ2n) is 6.15. The molecule has 5 heteroatoms. The molecule has 118 valence electrons. The molecule has 1 saturated heterocycles. The van der Waals surface area contributed by atoms with Crippen molar-refractivity contribution in [3.63, 3.8) is 0 Å². The Hall–Kier alpha value is -0.580. The molecule has 0 aromatic heterocycles. The highest BCUT2D eigenvalue weighted by Crippen LogP contribution is 2.35. The zero-order valence-electron chi connectivity index (χ0n) is 12.7. The lowest BCUT2D eigenvalue weighted by atomic mass is 9.86. The quantitative estimate of drug-likeness (QED) is 0.773. The van der Waals surface area contributed by atoms with Gasteiger partial charge in [-0.15, -0.1) is 11.6 Å². The Kier molecular flexibility index (Phi) is 5.69. The lowest BCUT2D eigenvalue weighted by Crippen LogP contribution is -2.39. The van der Waals surface area contributed by atoms with Crippen LogP contribution in [0.3, 0.4) is 0 Å². The topological polar surface area (TPSA) is 37.4 Å². The Balaban J connectivity index is 1.95. The van der Waals surface area contributed by atoms with Crippen LogP contribution in [-0.2, 0) is 10.0 Å². The monoisotopic (exact) mass is 329 g/mol. The van der Waals surface area contributed by atoms with Gasteiger partial charge in [0.1, 0.15) is 0 Å². The van der Waals surface area contributed by atoms with Crippen LogP contribution in [0.5, 0.6) is 0 Å². The van der Waals surface area contributed by atoms with E-state index in [1.54, 1.807) is 4.31 Å². The van der Waals surface area contributed by atoms with Crippen LogP contribution < -0.4 is 0 Å². The van der Waals surface area contributed by atoms with E-state index in [1.807, 2.05) is 18.2 Å². The standard InChI is InChI=1S/C16H24ClNO2S/c1-13(16(17)15-8-4-3-5-9-15)11-14-7-6-10-18(12-14)21(2,19)20/h3-5,8-9,13-14,16H,6-7,10-12H2,1-2H3. The molecular weight excluding hydrogens is 306 g/mol. The summed E-state index contributed by atoms with van der Waals surface area (Å²) < 4.78 is 25.0. The van der Waals surface area contributed by atoms with Crippen LogP contribution >= 0.6 is 11.6 Å². The highest BCUT2D eigenvalue weighted by Gasteiger charge is 2.28. The Labute approximate surface area is 133 Å². The zero-order chi connectivity index (χ0) is 15.5. The first-order chi connectivity index (χ1) is 9.88. The van der Waals surface area contributed by atoms with Crippen molar-refractivity contribution < 1.29 is 8.42 Å². The number of rotatable bonds is 5. The van der Waals surface area contributed by atoms with E-state index in [9.17, 15) is 8.42 Å². The summed E-state index contributed by atoms with van der Waals surface area (Å²) in [6.45, 7) is 3.46. The second kappa shape index (κ2) is 7.12. The molecule has 1 heterocycles. The Bertz CT molecular complexity index is 547. The average Bonchev–Trinajstić information content (AvgIpc) is 2.47. The van der Waals surface area contributed by atoms with Crippen molar-refractivity contribution >= 4 is 21.6 Å². The summed E-state index contributed by atoms with van der Waals surface area (Å²) in [5, 5.41) is -0.0141. The van der Waals surface area contributed by atoms with Crippen LogP contribution in [0, 0.1) is 11.8 Å². The van der Waals surface area contributed by atoms with Gasteiger partial charge in [0.2, 0.25) is 10.0 Å². The predicted molar refractivity (Wildman–Crippen MR) is 88.0 cm³/mol. The smallest absolute Gasteiger partial charge is 0.211 e. The number of benzene rings is 1. The molecule has 0 amide bonds. The van der Waals surface area contributed by atoms with Gasteiger partial charge in [-0.25, -0.2) is 12.7 Å². The van der Waals surface area contributed by atoms with Crippen molar-refractivity contribution in [2.75, 3.05) is 19.3 Å². The highest BCUT2D eigenvalue weighted by molar-refractivity contribution is 7.88. The minimum atomic E-state index is -3.07. The molecular formula is C16H24ClNO2S. The van der Waals surface area contributed by atoms with Crippen LogP contribution in [0.25, 0.3) is 0 Å². The van der Waals surface area contributed by atoms with Crippen LogP contribution in [0.15, 0.2) is 30.3 Å². The normalized spacial score (nSPS) is 23.7. The third kappa shape index (κ3) is 4.70. The first kappa shape index (κ1) is 16.8. The number of halogens is 1. The van der Waals surface area contributed by atoms with Crippen LogP contribution in [-0.4, -0.2) is 32.1 Å². The minimum Gasteiger partial charge on any atom is -0.213 e. The lowest BCUT2D eigenvalue weighted by Gasteiger charge is -2.33. The number of alkyl halides is 1. The maximum Gasteiger partial charge on any atom is 0.211 e. The summed E-state index contributed by atoms with van der Waals surface area (Å²) >= 11 is 6.57. The molecule has 21 heavy (non-hydrogen) atoms. The fraction of sp³-hybridized carbons (Fsp3) is 0.625. The minimum absolute atomic E-state index is 0.0141. The van der Waals surface area contributed by atoms with Gasteiger partial charge in [0.25, 0.3) is 0 Å². The maximum atomic E-state index is 11.7. The van der Waals surface area contributed by atoms with E-state index >= 15 is 0 Å². The van der Waals surface area contributed by atoms with Crippen molar-refractivity contribution in [3.05, 3.63) is 35.9 Å². The molecule has 0 aliphatic carbocycles. The van der Waals surface area contributed by atoms with Gasteiger partial charge in [0.05, 0.1) is 11.6 Å². The molecule has 1 aromatic rings. The van der Waals surface area contributed by atoms with Gasteiger partial charge in [0, 0.05) is 13.1 Å². The summed E-state index contributed by atoms with van der Waals surface area (Å²) in [5.41, 5.74) is 1.14. The molecule has 0 N–H and O–H groups in total. The molecule has 0 radical (unpaired) electrons. The first-order valence-electron chi connectivity index (χ1n) is 7.52. The van der Waals surface area contributed by atoms with Crippen molar-refractivity contribution in [1.82, 2.24) is 4.31 Å². The van der Waals surface area contributed by atoms with Gasteiger partial charge in [-0.2, -0.15) is 0 Å². The Morgan fingerprint density at radius 2 is 2.00 bits per heavy atom. The van der Waals surface area contributed by atoms with Gasteiger partial charge in [0.15, 0.2) is 0 Å². The van der Waals surface area contributed by atoms with E-state index in [1.165, 1.54) is 6.26 Å². The molecule has 3 nitrogen and oxygen atoms in total. The Morgan fingerprint density at radius 1 is 1.33 bits per heavy atom. The fourth-order valence-electron chi connectivity index (χ4n) is 3.13. The number of nitrogens with zero attached hydrogens (tertiary/aromatic N) is 1. The third-order valence-corrected chi connectivity index (χ3v) is 6.23. The average molecular weight is 330 g/mol. The van der Waals surface area contributed by atoms with Gasteiger partial charge in [-0.1, -0.05) is 37.3 Å². The van der Waals surface area contributed by atoms with E-state index in [-0.39, 0.29) is 5.38 Å². The first-order valence-corrected chi connectivity index (χ1v) is 9.80. The lowest BCUT2D eigenvalue weighted by molar-refractivity contribution is 0.233. The number of hydrogen-bond donors (Lipinski definition) is 0. The molecule has 0 saturated carbocycles. The molecule has 1 fully saturated rings. The fourth-order valence-corrected chi connectivity index (χ4v) is 4.32. The van der Waals surface area contributed by atoms with Crippen LogP contribution in [0.1, 0.15) is 37.1 Å². The zero-order valence-corrected chi connectivity index (χ0v) is 14.3. The summed E-state index contributed by atoms with van der Waals surface area (Å²) in [6.07, 6.45) is 4.31. The maximum absolute atomic E-state index is 11.7. The van der Waals surface area contributed by atoms with Gasteiger partial charge in [-0.05, 0) is 36.7 Å². The number of sulfonamides is 1. The third-order valence-electron chi connectivity index (χ3n) is 4.27. The van der Waals surface area contributed by atoms with Crippen molar-refractivity contribution in [3.8, 4) is 0 Å². The van der Waals surface area contributed by atoms with E-state index < -0.39 is 10.0 Å². The van der Waals surface area contributed by atoms with E-state index in [0.29, 0.717) is 24.9 Å². The largest absolute Gasteiger partial charge is 0.213 e. The summed E-state index contributed by atoms with van der Waals surface area (Å²) in [7, 11) is -3.07. The summed E-state index contributed by atoms with van der Waals surface area (Å²) in [6, 6.07) is 10.1. The van der Waals surface area contributed by atoms with E-state index in [2.05, 4.69) is 19.1 Å². The Morgan fingerprint density at radius 3 is 2.62 bits per heavy atom. The molecule has 1 aromatic carbocycles. The van der Waals surface area contributed by atoms with Gasteiger partial charge < -0.3 is 0 Å². The number of hydrogen-bond acceptors (Lipinski definition) is 2. The van der Waals surface area contributed by atoms with E-state index in [4.69, 9.17) is 11.6 Å². The van der Waals surface area contributed by atoms with Gasteiger partial charge in [-0.3, -0.25) is 0 Å². The molecule has 2 rings (SSSR count). The van der Waals surface area contributed by atoms with E-state index in [0.717, 1.165) is 24.8 Å². The van der Waals surface area contributed by atoms with Crippen molar-refractivity contribution in [1.29, 1.82) is 0 Å². The summed E-state index contributed by atoms with van der Waals surface area (Å²) in [4.78, 5) is 0. The van der Waals surface area contributed by atoms with Crippen molar-refractivity contribution in [2.24, 2.45) is 11.8 Å². The van der Waals surface area contributed by atoms with Gasteiger partial charge >= 0.3 is 0 Å². The van der Waals surface area contributed by atoms with Crippen molar-refractivity contribution in [2.45, 2.75) is 31.6 Å².